The molecule has 1 heterocycles. The Morgan fingerprint density at radius 3 is 2.54 bits per heavy atom. The first kappa shape index (κ1) is 20.9. The molecular weight excluding hydrogens is 463 g/mol. The Bertz CT molecular complexity index is 1030. The standard InChI is InChI=1S/C17H11Cl3N4O2S2/c18-9-2-1-3-11(6-9)21-14(25)8-27-17-24-23-16(28-17)22-15(26)12-5-4-10(19)7-13(12)20/h1-7H,8H2,(H,21,25)(H,22,23,26). The molecule has 0 atom stereocenters. The molecule has 28 heavy (non-hydrogen) atoms. The number of rotatable bonds is 6. The third-order valence-electron chi connectivity index (χ3n) is 3.24. The monoisotopic (exact) mass is 472 g/mol. The van der Waals surface area contributed by atoms with Crippen molar-refractivity contribution in [1.29, 1.82) is 0 Å². The number of carbonyl (C=O) groups is 2. The Labute approximate surface area is 183 Å². The molecule has 144 valence electrons. The predicted octanol–water partition coefficient (Wildman–Crippen LogP) is 5.48. The summed E-state index contributed by atoms with van der Waals surface area (Å²) in [7, 11) is 0. The molecule has 0 aliphatic carbocycles. The lowest BCUT2D eigenvalue weighted by Gasteiger charge is -2.04. The quantitative estimate of drug-likeness (QED) is 0.366. The number of thioether (sulfide) groups is 1. The van der Waals surface area contributed by atoms with E-state index in [1.165, 1.54) is 23.9 Å². The molecule has 3 aromatic rings. The molecule has 2 aromatic carbocycles. The number of nitrogens with zero attached hydrogens (tertiary/aromatic N) is 2. The summed E-state index contributed by atoms with van der Waals surface area (Å²) in [4.78, 5) is 24.3. The van der Waals surface area contributed by atoms with E-state index < -0.39 is 5.91 Å². The summed E-state index contributed by atoms with van der Waals surface area (Å²) in [6.45, 7) is 0. The largest absolute Gasteiger partial charge is 0.325 e. The van der Waals surface area contributed by atoms with E-state index in [4.69, 9.17) is 34.8 Å². The van der Waals surface area contributed by atoms with Crippen molar-refractivity contribution in [3.05, 3.63) is 63.1 Å². The van der Waals surface area contributed by atoms with Crippen LogP contribution in [0, 0.1) is 0 Å². The van der Waals surface area contributed by atoms with Gasteiger partial charge in [0.05, 0.1) is 16.3 Å². The molecule has 1 aromatic heterocycles. The second-order valence-electron chi connectivity index (χ2n) is 5.30. The minimum absolute atomic E-state index is 0.137. The lowest BCUT2D eigenvalue weighted by molar-refractivity contribution is -0.113. The molecule has 2 N–H and O–H groups in total. The van der Waals surface area contributed by atoms with Gasteiger partial charge in [0.15, 0.2) is 4.34 Å². The molecule has 11 heteroatoms. The number of hydrogen-bond donors (Lipinski definition) is 2. The van der Waals surface area contributed by atoms with E-state index in [-0.39, 0.29) is 22.2 Å². The van der Waals surface area contributed by atoms with Crippen LogP contribution < -0.4 is 10.6 Å². The fourth-order valence-electron chi connectivity index (χ4n) is 2.05. The van der Waals surface area contributed by atoms with Gasteiger partial charge in [-0.25, -0.2) is 0 Å². The summed E-state index contributed by atoms with van der Waals surface area (Å²) in [5.74, 6) is -0.493. The summed E-state index contributed by atoms with van der Waals surface area (Å²) in [6.07, 6.45) is 0. The Morgan fingerprint density at radius 2 is 1.79 bits per heavy atom. The van der Waals surface area contributed by atoms with Gasteiger partial charge in [0.25, 0.3) is 5.91 Å². The molecule has 0 saturated heterocycles. The third kappa shape index (κ3) is 5.83. The van der Waals surface area contributed by atoms with E-state index in [9.17, 15) is 9.59 Å². The number of nitrogens with one attached hydrogen (secondary N) is 2. The van der Waals surface area contributed by atoms with Gasteiger partial charge >= 0.3 is 0 Å². The predicted molar refractivity (Wildman–Crippen MR) is 115 cm³/mol. The first-order valence-corrected chi connectivity index (χ1v) is 10.6. The van der Waals surface area contributed by atoms with Crippen molar-refractivity contribution < 1.29 is 9.59 Å². The fraction of sp³-hybridized carbons (Fsp3) is 0.0588. The number of halogens is 3. The van der Waals surface area contributed by atoms with Gasteiger partial charge in [0.2, 0.25) is 11.0 Å². The molecule has 2 amide bonds. The minimum atomic E-state index is -0.423. The lowest BCUT2D eigenvalue weighted by Crippen LogP contribution is -2.13. The van der Waals surface area contributed by atoms with Crippen molar-refractivity contribution >= 4 is 80.5 Å². The molecule has 0 aliphatic rings. The normalized spacial score (nSPS) is 10.5. The molecule has 3 rings (SSSR count). The van der Waals surface area contributed by atoms with Crippen LogP contribution in [0.1, 0.15) is 10.4 Å². The molecule has 6 nitrogen and oxygen atoms in total. The van der Waals surface area contributed by atoms with Crippen LogP contribution in [0.25, 0.3) is 0 Å². The highest BCUT2D eigenvalue weighted by Gasteiger charge is 2.14. The lowest BCUT2D eigenvalue weighted by atomic mass is 10.2. The average Bonchev–Trinajstić information content (AvgIpc) is 3.07. The van der Waals surface area contributed by atoms with Crippen LogP contribution in [0.2, 0.25) is 15.1 Å². The molecule has 0 unspecified atom stereocenters. The number of anilines is 2. The second-order valence-corrected chi connectivity index (χ2v) is 8.78. The number of aromatic nitrogens is 2. The van der Waals surface area contributed by atoms with Crippen LogP contribution in [0.3, 0.4) is 0 Å². The smallest absolute Gasteiger partial charge is 0.259 e. The number of hydrogen-bond acceptors (Lipinski definition) is 6. The molecular formula is C17H11Cl3N4O2S2. The van der Waals surface area contributed by atoms with E-state index in [2.05, 4.69) is 20.8 Å². The first-order valence-electron chi connectivity index (χ1n) is 7.69. The first-order chi connectivity index (χ1) is 13.4. The van der Waals surface area contributed by atoms with E-state index in [0.717, 1.165) is 11.3 Å². The van der Waals surface area contributed by atoms with Crippen molar-refractivity contribution in [2.45, 2.75) is 4.34 Å². The fourth-order valence-corrected chi connectivity index (χ4v) is 4.28. The molecule has 0 fully saturated rings. The van der Waals surface area contributed by atoms with Gasteiger partial charge in [0.1, 0.15) is 0 Å². The SMILES string of the molecule is O=C(CSc1nnc(NC(=O)c2ccc(Cl)cc2Cl)s1)Nc1cccc(Cl)c1. The molecule has 0 bridgehead atoms. The minimum Gasteiger partial charge on any atom is -0.325 e. The van der Waals surface area contributed by atoms with Gasteiger partial charge in [-0.1, -0.05) is 64.0 Å². The van der Waals surface area contributed by atoms with E-state index in [1.54, 1.807) is 30.3 Å². The number of amides is 2. The van der Waals surface area contributed by atoms with Crippen molar-refractivity contribution in [3.63, 3.8) is 0 Å². The van der Waals surface area contributed by atoms with Crippen LogP contribution in [0.15, 0.2) is 46.8 Å². The van der Waals surface area contributed by atoms with Gasteiger partial charge < -0.3 is 5.32 Å². The maximum absolute atomic E-state index is 12.3. The van der Waals surface area contributed by atoms with Crippen molar-refractivity contribution in [3.8, 4) is 0 Å². The summed E-state index contributed by atoms with van der Waals surface area (Å²) in [5, 5.41) is 14.7. The van der Waals surface area contributed by atoms with Crippen LogP contribution in [-0.2, 0) is 4.79 Å². The summed E-state index contributed by atoms with van der Waals surface area (Å²) < 4.78 is 0.541. The summed E-state index contributed by atoms with van der Waals surface area (Å²) in [6, 6.07) is 11.5. The van der Waals surface area contributed by atoms with Crippen LogP contribution >= 0.6 is 57.9 Å². The van der Waals surface area contributed by atoms with Crippen molar-refractivity contribution in [1.82, 2.24) is 10.2 Å². The van der Waals surface area contributed by atoms with Crippen LogP contribution in [0.5, 0.6) is 0 Å². The van der Waals surface area contributed by atoms with Crippen molar-refractivity contribution in [2.24, 2.45) is 0 Å². The zero-order valence-corrected chi connectivity index (χ0v) is 17.8. The Kier molecular flexibility index (Phi) is 7.14. The Hall–Kier alpha value is -1.84. The summed E-state index contributed by atoms with van der Waals surface area (Å²) >= 11 is 20.1. The highest BCUT2D eigenvalue weighted by Crippen LogP contribution is 2.27. The Morgan fingerprint density at radius 1 is 1.00 bits per heavy atom. The van der Waals surface area contributed by atoms with E-state index in [0.29, 0.717) is 25.2 Å². The van der Waals surface area contributed by atoms with Crippen LogP contribution in [-0.4, -0.2) is 27.8 Å². The number of benzene rings is 2. The number of carbonyl (C=O) groups excluding carboxylic acids is 2. The molecule has 0 radical (unpaired) electrons. The molecule has 0 aliphatic heterocycles. The van der Waals surface area contributed by atoms with Gasteiger partial charge in [-0.05, 0) is 36.4 Å². The van der Waals surface area contributed by atoms with E-state index in [1.807, 2.05) is 0 Å². The maximum atomic E-state index is 12.3. The van der Waals surface area contributed by atoms with Gasteiger partial charge in [-0.15, -0.1) is 10.2 Å². The summed E-state index contributed by atoms with van der Waals surface area (Å²) in [5.41, 5.74) is 0.888. The van der Waals surface area contributed by atoms with E-state index >= 15 is 0 Å². The average molecular weight is 474 g/mol. The molecule has 0 saturated carbocycles. The Balaban J connectivity index is 1.54. The highest BCUT2D eigenvalue weighted by molar-refractivity contribution is 8.01. The van der Waals surface area contributed by atoms with Gasteiger partial charge in [0, 0.05) is 15.7 Å². The van der Waals surface area contributed by atoms with Gasteiger partial charge in [-0.2, -0.15) is 0 Å². The molecule has 0 spiro atoms. The topological polar surface area (TPSA) is 84.0 Å². The zero-order chi connectivity index (χ0) is 20.1. The highest BCUT2D eigenvalue weighted by atomic mass is 35.5. The zero-order valence-electron chi connectivity index (χ0n) is 13.9. The third-order valence-corrected chi connectivity index (χ3v) is 5.99. The van der Waals surface area contributed by atoms with Gasteiger partial charge in [-0.3, -0.25) is 14.9 Å². The second kappa shape index (κ2) is 9.58. The van der Waals surface area contributed by atoms with Crippen LogP contribution in [0.4, 0.5) is 10.8 Å². The van der Waals surface area contributed by atoms with Crippen molar-refractivity contribution in [2.75, 3.05) is 16.4 Å². The maximum Gasteiger partial charge on any atom is 0.259 e.